The zero-order valence-electron chi connectivity index (χ0n) is 10.1. The standard InChI is InChI=1S/C12H9BrN6O/c13-8-3-10(15-4-8)12(20)18-9-1-2-11(16-5-9)19-7-14-6-17-19/h1-7,15H,(H,18,20). The van der Waals surface area contributed by atoms with E-state index in [0.29, 0.717) is 17.2 Å². The fraction of sp³-hybridized carbons (Fsp3) is 0. The fourth-order valence-electron chi connectivity index (χ4n) is 1.62. The van der Waals surface area contributed by atoms with E-state index in [2.05, 4.69) is 41.3 Å². The molecule has 0 saturated carbocycles. The lowest BCUT2D eigenvalue weighted by molar-refractivity contribution is 0.102. The third-order valence-electron chi connectivity index (χ3n) is 2.55. The largest absolute Gasteiger partial charge is 0.356 e. The smallest absolute Gasteiger partial charge is 0.272 e. The Morgan fingerprint density at radius 2 is 2.30 bits per heavy atom. The lowest BCUT2D eigenvalue weighted by atomic mass is 10.3. The van der Waals surface area contributed by atoms with Crippen LogP contribution in [0, 0.1) is 0 Å². The summed E-state index contributed by atoms with van der Waals surface area (Å²) in [4.78, 5) is 22.8. The Kier molecular flexibility index (Phi) is 3.30. The Morgan fingerprint density at radius 1 is 1.40 bits per heavy atom. The Balaban J connectivity index is 1.74. The van der Waals surface area contributed by atoms with E-state index in [-0.39, 0.29) is 5.91 Å². The first kappa shape index (κ1) is 12.5. The number of rotatable bonds is 3. The van der Waals surface area contributed by atoms with E-state index in [0.717, 1.165) is 4.47 Å². The maximum Gasteiger partial charge on any atom is 0.272 e. The fourth-order valence-corrected chi connectivity index (χ4v) is 1.96. The molecule has 0 aliphatic carbocycles. The van der Waals surface area contributed by atoms with Gasteiger partial charge in [-0.2, -0.15) is 5.10 Å². The lowest BCUT2D eigenvalue weighted by Gasteiger charge is -2.04. The van der Waals surface area contributed by atoms with Crippen molar-refractivity contribution >= 4 is 27.5 Å². The molecule has 3 aromatic rings. The molecule has 3 aromatic heterocycles. The van der Waals surface area contributed by atoms with Crippen LogP contribution in [-0.4, -0.2) is 30.6 Å². The molecular weight excluding hydrogens is 324 g/mol. The summed E-state index contributed by atoms with van der Waals surface area (Å²) in [6.07, 6.45) is 6.24. The van der Waals surface area contributed by atoms with Crippen LogP contribution in [0.25, 0.3) is 5.82 Å². The minimum absolute atomic E-state index is 0.231. The normalized spacial score (nSPS) is 10.4. The van der Waals surface area contributed by atoms with E-state index in [4.69, 9.17) is 0 Å². The number of hydrogen-bond acceptors (Lipinski definition) is 4. The van der Waals surface area contributed by atoms with Crippen molar-refractivity contribution in [2.24, 2.45) is 0 Å². The average molecular weight is 333 g/mol. The first-order chi connectivity index (χ1) is 9.72. The van der Waals surface area contributed by atoms with Crippen LogP contribution in [0.4, 0.5) is 5.69 Å². The molecule has 8 heteroatoms. The number of carbonyl (C=O) groups is 1. The van der Waals surface area contributed by atoms with Crippen LogP contribution in [0.15, 0.2) is 47.7 Å². The minimum atomic E-state index is -0.231. The zero-order chi connectivity index (χ0) is 13.9. The van der Waals surface area contributed by atoms with Crippen molar-refractivity contribution in [2.45, 2.75) is 0 Å². The van der Waals surface area contributed by atoms with Crippen molar-refractivity contribution in [1.29, 1.82) is 0 Å². The Hall–Kier alpha value is -2.48. The van der Waals surface area contributed by atoms with Gasteiger partial charge in [0.2, 0.25) is 0 Å². The zero-order valence-corrected chi connectivity index (χ0v) is 11.7. The summed E-state index contributed by atoms with van der Waals surface area (Å²) >= 11 is 3.28. The Bertz CT molecular complexity index is 719. The summed E-state index contributed by atoms with van der Waals surface area (Å²) in [6.45, 7) is 0. The average Bonchev–Trinajstić information content (AvgIpc) is 3.10. The molecule has 7 nitrogen and oxygen atoms in total. The van der Waals surface area contributed by atoms with Gasteiger partial charge in [0, 0.05) is 10.7 Å². The molecule has 0 atom stereocenters. The number of aromatic nitrogens is 5. The summed E-state index contributed by atoms with van der Waals surface area (Å²) in [6, 6.07) is 5.20. The SMILES string of the molecule is O=C(Nc1ccc(-n2cncn2)nc1)c1cc(Br)c[nH]1. The van der Waals surface area contributed by atoms with Crippen LogP contribution in [0.3, 0.4) is 0 Å². The summed E-state index contributed by atoms with van der Waals surface area (Å²) in [7, 11) is 0. The molecule has 0 aliphatic rings. The second kappa shape index (κ2) is 5.25. The van der Waals surface area contributed by atoms with Crippen LogP contribution in [0.2, 0.25) is 0 Å². The predicted octanol–water partition coefficient (Wildman–Crippen LogP) is 2.01. The summed E-state index contributed by atoms with van der Waals surface area (Å²) in [5, 5.41) is 6.72. The van der Waals surface area contributed by atoms with E-state index in [9.17, 15) is 4.79 Å². The number of aromatic amines is 1. The number of anilines is 1. The molecule has 0 radical (unpaired) electrons. The van der Waals surface area contributed by atoms with Gasteiger partial charge in [0.15, 0.2) is 5.82 Å². The topological polar surface area (TPSA) is 88.5 Å². The molecule has 20 heavy (non-hydrogen) atoms. The Labute approximate surface area is 122 Å². The van der Waals surface area contributed by atoms with Crippen LogP contribution in [-0.2, 0) is 0 Å². The lowest BCUT2D eigenvalue weighted by Crippen LogP contribution is -2.12. The van der Waals surface area contributed by atoms with Crippen LogP contribution >= 0.6 is 15.9 Å². The van der Waals surface area contributed by atoms with Crippen LogP contribution in [0.5, 0.6) is 0 Å². The molecule has 1 amide bonds. The Morgan fingerprint density at radius 3 is 2.90 bits per heavy atom. The first-order valence-electron chi connectivity index (χ1n) is 5.69. The van der Waals surface area contributed by atoms with E-state index in [1.54, 1.807) is 36.9 Å². The van der Waals surface area contributed by atoms with Gasteiger partial charge in [0.25, 0.3) is 5.91 Å². The number of pyridine rings is 1. The molecule has 0 aromatic carbocycles. The van der Waals surface area contributed by atoms with Crippen molar-refractivity contribution in [1.82, 2.24) is 24.7 Å². The summed E-state index contributed by atoms with van der Waals surface area (Å²) in [5.74, 6) is 0.397. The van der Waals surface area contributed by atoms with Gasteiger partial charge >= 0.3 is 0 Å². The van der Waals surface area contributed by atoms with Gasteiger partial charge in [0.05, 0.1) is 11.9 Å². The molecule has 0 fully saturated rings. The van der Waals surface area contributed by atoms with Gasteiger partial charge in [-0.25, -0.2) is 14.6 Å². The van der Waals surface area contributed by atoms with Crippen LogP contribution in [0.1, 0.15) is 10.5 Å². The molecular formula is C12H9BrN6O. The van der Waals surface area contributed by atoms with Crippen molar-refractivity contribution in [2.75, 3.05) is 5.32 Å². The van der Waals surface area contributed by atoms with Crippen molar-refractivity contribution < 1.29 is 4.79 Å². The number of halogens is 1. The number of nitrogens with zero attached hydrogens (tertiary/aromatic N) is 4. The van der Waals surface area contributed by atoms with Crippen molar-refractivity contribution in [3.8, 4) is 5.82 Å². The number of carbonyl (C=O) groups excluding carboxylic acids is 1. The number of amides is 1. The predicted molar refractivity (Wildman–Crippen MR) is 75.6 cm³/mol. The van der Waals surface area contributed by atoms with E-state index in [1.807, 2.05) is 0 Å². The summed E-state index contributed by atoms with van der Waals surface area (Å²) in [5.41, 5.74) is 1.07. The van der Waals surface area contributed by atoms with Gasteiger partial charge in [-0.15, -0.1) is 0 Å². The van der Waals surface area contributed by atoms with Crippen LogP contribution < -0.4 is 5.32 Å². The number of nitrogens with one attached hydrogen (secondary N) is 2. The third kappa shape index (κ3) is 2.59. The van der Waals surface area contributed by atoms with Gasteiger partial charge in [-0.1, -0.05) is 0 Å². The maximum absolute atomic E-state index is 11.9. The second-order valence-corrected chi connectivity index (χ2v) is 4.85. The molecule has 0 unspecified atom stereocenters. The molecule has 0 bridgehead atoms. The highest BCUT2D eigenvalue weighted by Crippen LogP contribution is 2.13. The first-order valence-corrected chi connectivity index (χ1v) is 6.48. The summed E-state index contributed by atoms with van der Waals surface area (Å²) < 4.78 is 2.36. The minimum Gasteiger partial charge on any atom is -0.356 e. The molecule has 3 rings (SSSR count). The molecule has 0 saturated heterocycles. The maximum atomic E-state index is 11.9. The second-order valence-electron chi connectivity index (χ2n) is 3.93. The molecule has 0 spiro atoms. The van der Waals surface area contributed by atoms with Gasteiger partial charge in [-0.3, -0.25) is 4.79 Å². The molecule has 100 valence electrons. The number of hydrogen-bond donors (Lipinski definition) is 2. The van der Waals surface area contributed by atoms with Gasteiger partial charge < -0.3 is 10.3 Å². The van der Waals surface area contributed by atoms with Gasteiger partial charge in [0.1, 0.15) is 18.3 Å². The monoisotopic (exact) mass is 332 g/mol. The van der Waals surface area contributed by atoms with E-state index in [1.165, 1.54) is 11.0 Å². The molecule has 0 aliphatic heterocycles. The number of H-pyrrole nitrogens is 1. The quantitative estimate of drug-likeness (QED) is 0.767. The third-order valence-corrected chi connectivity index (χ3v) is 3.01. The van der Waals surface area contributed by atoms with E-state index < -0.39 is 0 Å². The molecule has 3 heterocycles. The van der Waals surface area contributed by atoms with E-state index >= 15 is 0 Å². The highest BCUT2D eigenvalue weighted by molar-refractivity contribution is 9.10. The molecule has 2 N–H and O–H groups in total. The van der Waals surface area contributed by atoms with Crippen molar-refractivity contribution in [3.63, 3.8) is 0 Å². The highest BCUT2D eigenvalue weighted by Gasteiger charge is 2.08. The highest BCUT2D eigenvalue weighted by atomic mass is 79.9. The van der Waals surface area contributed by atoms with Crippen molar-refractivity contribution in [3.05, 3.63) is 53.4 Å². The van der Waals surface area contributed by atoms with Gasteiger partial charge in [-0.05, 0) is 34.1 Å².